The molecule has 0 saturated heterocycles. The molecule has 0 amide bonds. The number of nitro benzene ring substituents is 1. The smallest absolute Gasteiger partial charge is 0.309 e. The first-order chi connectivity index (χ1) is 11.7. The van der Waals surface area contributed by atoms with Gasteiger partial charge in [-0.2, -0.15) is 0 Å². The summed E-state index contributed by atoms with van der Waals surface area (Å²) in [5, 5.41) is 10.0. The van der Waals surface area contributed by atoms with Crippen molar-refractivity contribution in [3.63, 3.8) is 0 Å². The predicted octanol–water partition coefficient (Wildman–Crippen LogP) is 7.13. The van der Waals surface area contributed by atoms with E-state index >= 15 is 0 Å². The number of halogens is 4. The molecule has 0 N–H and O–H groups in total. The maximum absolute atomic E-state index is 11.1. The van der Waals surface area contributed by atoms with Gasteiger partial charge in [0.25, 0.3) is 0 Å². The summed E-state index contributed by atoms with van der Waals surface area (Å²) in [7, 11) is 1.57. The predicted molar refractivity (Wildman–Crippen MR) is 100 cm³/mol. The third-order valence-electron chi connectivity index (χ3n) is 3.43. The number of methoxy groups -OCH3 is 1. The lowest BCUT2D eigenvalue weighted by atomic mass is 10.0. The van der Waals surface area contributed by atoms with Crippen LogP contribution < -0.4 is 9.47 Å². The fourth-order valence-corrected chi connectivity index (χ4v) is 3.24. The number of rotatable bonds is 5. The van der Waals surface area contributed by atoms with Crippen LogP contribution in [0.15, 0.2) is 18.2 Å². The summed E-state index contributed by atoms with van der Waals surface area (Å²) in [5.74, 6) is 1.24. The fraction of sp³-hybridized carbons (Fsp3) is 0.250. The van der Waals surface area contributed by atoms with Gasteiger partial charge in [-0.05, 0) is 24.1 Å². The van der Waals surface area contributed by atoms with Crippen LogP contribution in [0.3, 0.4) is 0 Å². The van der Waals surface area contributed by atoms with E-state index in [1.807, 2.05) is 13.8 Å². The lowest BCUT2D eigenvalue weighted by Gasteiger charge is -2.16. The minimum atomic E-state index is -0.754. The molecule has 0 atom stereocenters. The largest absolute Gasteiger partial charge is 0.496 e. The van der Waals surface area contributed by atoms with Crippen LogP contribution >= 0.6 is 46.4 Å². The van der Waals surface area contributed by atoms with Gasteiger partial charge in [-0.1, -0.05) is 60.3 Å². The second-order valence-electron chi connectivity index (χ2n) is 5.35. The Morgan fingerprint density at radius 2 is 1.60 bits per heavy atom. The van der Waals surface area contributed by atoms with Crippen molar-refractivity contribution in [2.24, 2.45) is 0 Å². The zero-order valence-electron chi connectivity index (χ0n) is 13.4. The quantitative estimate of drug-likeness (QED) is 0.291. The van der Waals surface area contributed by atoms with Gasteiger partial charge >= 0.3 is 5.69 Å². The van der Waals surface area contributed by atoms with Crippen LogP contribution in [-0.2, 0) is 0 Å². The summed E-state index contributed by atoms with van der Waals surface area (Å²) in [6, 6.07) is 5.15. The number of benzene rings is 2. The van der Waals surface area contributed by atoms with Crippen LogP contribution in [0.25, 0.3) is 0 Å². The molecule has 2 rings (SSSR count). The van der Waals surface area contributed by atoms with Crippen LogP contribution in [0.1, 0.15) is 25.3 Å². The minimum absolute atomic E-state index is 0.0520. The van der Waals surface area contributed by atoms with Gasteiger partial charge in [0.05, 0.1) is 12.0 Å². The molecule has 25 heavy (non-hydrogen) atoms. The molecule has 0 radical (unpaired) electrons. The number of hydrogen-bond acceptors (Lipinski definition) is 4. The van der Waals surface area contributed by atoms with E-state index in [0.29, 0.717) is 11.5 Å². The zero-order valence-corrected chi connectivity index (χ0v) is 16.4. The van der Waals surface area contributed by atoms with E-state index in [4.69, 9.17) is 55.9 Å². The maximum atomic E-state index is 11.1. The fourth-order valence-electron chi connectivity index (χ4n) is 2.19. The van der Waals surface area contributed by atoms with Crippen molar-refractivity contribution in [2.75, 3.05) is 7.11 Å². The third-order valence-corrected chi connectivity index (χ3v) is 5.08. The Labute approximate surface area is 164 Å². The molecule has 0 spiro atoms. The molecule has 0 aliphatic heterocycles. The number of nitrogens with zero attached hydrogens (tertiary/aromatic N) is 1. The molecule has 0 aromatic heterocycles. The summed E-state index contributed by atoms with van der Waals surface area (Å²) in [5.41, 5.74) is 0.342. The third kappa shape index (κ3) is 3.90. The van der Waals surface area contributed by atoms with Crippen molar-refractivity contribution < 1.29 is 14.4 Å². The van der Waals surface area contributed by atoms with Gasteiger partial charge in [-0.15, -0.1) is 0 Å². The maximum Gasteiger partial charge on any atom is 0.309 e. The van der Waals surface area contributed by atoms with Crippen molar-refractivity contribution in [2.45, 2.75) is 19.8 Å². The summed E-state index contributed by atoms with van der Waals surface area (Å²) in [4.78, 5) is 10.3. The van der Waals surface area contributed by atoms with Crippen molar-refractivity contribution in [3.05, 3.63) is 54.0 Å². The molecule has 2 aromatic carbocycles. The Morgan fingerprint density at radius 1 is 1.04 bits per heavy atom. The summed E-state index contributed by atoms with van der Waals surface area (Å²) >= 11 is 24.1. The topological polar surface area (TPSA) is 61.6 Å². The van der Waals surface area contributed by atoms with Gasteiger partial charge in [0, 0.05) is 5.56 Å². The van der Waals surface area contributed by atoms with E-state index in [-0.39, 0.29) is 31.8 Å². The van der Waals surface area contributed by atoms with E-state index in [9.17, 15) is 10.1 Å². The van der Waals surface area contributed by atoms with Gasteiger partial charge in [0.15, 0.2) is 5.75 Å². The van der Waals surface area contributed by atoms with Crippen molar-refractivity contribution in [1.82, 2.24) is 0 Å². The Bertz CT molecular complexity index is 810. The second-order valence-corrected chi connectivity index (χ2v) is 6.86. The highest BCUT2D eigenvalue weighted by Crippen LogP contribution is 2.51. The summed E-state index contributed by atoms with van der Waals surface area (Å²) in [6.45, 7) is 4.00. The monoisotopic (exact) mass is 423 g/mol. The van der Waals surface area contributed by atoms with Gasteiger partial charge < -0.3 is 9.47 Å². The van der Waals surface area contributed by atoms with E-state index < -0.39 is 10.6 Å². The molecule has 0 saturated carbocycles. The van der Waals surface area contributed by atoms with Crippen molar-refractivity contribution in [1.29, 1.82) is 0 Å². The van der Waals surface area contributed by atoms with Crippen molar-refractivity contribution >= 4 is 52.1 Å². The van der Waals surface area contributed by atoms with E-state index in [0.717, 1.165) is 5.56 Å². The molecule has 0 unspecified atom stereocenters. The van der Waals surface area contributed by atoms with Gasteiger partial charge in [0.1, 0.15) is 31.6 Å². The molecular formula is C16H13Cl4NO4. The van der Waals surface area contributed by atoms with Gasteiger partial charge in [0.2, 0.25) is 0 Å². The molecule has 5 nitrogen and oxygen atoms in total. The number of nitro groups is 1. The first-order valence-corrected chi connectivity index (χ1v) is 8.56. The molecule has 2 aromatic rings. The summed E-state index contributed by atoms with van der Waals surface area (Å²) in [6.07, 6.45) is 0. The molecular weight excluding hydrogens is 412 g/mol. The minimum Gasteiger partial charge on any atom is -0.496 e. The average molecular weight is 425 g/mol. The Hall–Kier alpha value is -1.40. The Balaban J connectivity index is 2.55. The molecule has 0 aliphatic carbocycles. The first kappa shape index (κ1) is 19.9. The van der Waals surface area contributed by atoms with Crippen LogP contribution in [0.5, 0.6) is 17.2 Å². The van der Waals surface area contributed by atoms with Crippen LogP contribution in [-0.4, -0.2) is 12.0 Å². The molecule has 0 aliphatic rings. The lowest BCUT2D eigenvalue weighted by molar-refractivity contribution is -0.384. The van der Waals surface area contributed by atoms with Crippen LogP contribution in [0.2, 0.25) is 20.1 Å². The summed E-state index contributed by atoms with van der Waals surface area (Å²) < 4.78 is 11.0. The highest BCUT2D eigenvalue weighted by atomic mass is 35.5. The normalized spacial score (nSPS) is 10.9. The van der Waals surface area contributed by atoms with E-state index in [1.54, 1.807) is 25.3 Å². The lowest BCUT2D eigenvalue weighted by Crippen LogP contribution is -1.97. The highest BCUT2D eigenvalue weighted by Gasteiger charge is 2.29. The second kappa shape index (κ2) is 7.87. The highest BCUT2D eigenvalue weighted by molar-refractivity contribution is 6.51. The number of ether oxygens (including phenoxy) is 2. The molecule has 9 heteroatoms. The van der Waals surface area contributed by atoms with E-state index in [1.165, 1.54) is 0 Å². The van der Waals surface area contributed by atoms with Gasteiger partial charge in [-0.3, -0.25) is 10.1 Å². The standard InChI is InChI=1S/C16H13Cl4NO4/c1-7(2)9-6-8(4-5-10(9)24-3)25-16-13(19)11(17)15(21(22)23)12(18)14(16)20/h4-7H,1-3H3. The number of hydrogen-bond donors (Lipinski definition) is 0. The molecule has 0 bridgehead atoms. The molecule has 0 heterocycles. The average Bonchev–Trinajstić information content (AvgIpc) is 2.56. The Morgan fingerprint density at radius 3 is 2.04 bits per heavy atom. The zero-order chi connectivity index (χ0) is 18.9. The van der Waals surface area contributed by atoms with Crippen molar-refractivity contribution in [3.8, 4) is 17.2 Å². The van der Waals surface area contributed by atoms with E-state index in [2.05, 4.69) is 0 Å². The Kier molecular flexibility index (Phi) is 6.27. The SMILES string of the molecule is COc1ccc(Oc2c(Cl)c(Cl)c([N+](=O)[O-])c(Cl)c2Cl)cc1C(C)C. The van der Waals surface area contributed by atoms with Crippen LogP contribution in [0.4, 0.5) is 5.69 Å². The van der Waals surface area contributed by atoms with Crippen LogP contribution in [0, 0.1) is 10.1 Å². The molecule has 0 fully saturated rings. The molecule has 134 valence electrons. The van der Waals surface area contributed by atoms with Gasteiger partial charge in [-0.25, -0.2) is 0 Å². The first-order valence-electron chi connectivity index (χ1n) is 7.05.